The third-order valence-corrected chi connectivity index (χ3v) is 7.49. The van der Waals surface area contributed by atoms with E-state index in [1.807, 2.05) is 81.4 Å². The van der Waals surface area contributed by atoms with Gasteiger partial charge in [-0.15, -0.1) is 0 Å². The largest absolute Gasteiger partial charge is 0.331 e. The van der Waals surface area contributed by atoms with Crippen molar-refractivity contribution < 1.29 is 8.78 Å². The molecule has 6 aromatic rings. The minimum atomic E-state index is -0.590. The van der Waals surface area contributed by atoms with Crippen molar-refractivity contribution in [2.24, 2.45) is 0 Å². The molecule has 202 valence electrons. The van der Waals surface area contributed by atoms with Crippen LogP contribution in [0.3, 0.4) is 0 Å². The predicted molar refractivity (Wildman–Crippen MR) is 169 cm³/mol. The van der Waals surface area contributed by atoms with Crippen molar-refractivity contribution in [1.29, 1.82) is 0 Å². The number of nitrogens with zero attached hydrogens (tertiary/aromatic N) is 1. The van der Waals surface area contributed by atoms with Gasteiger partial charge in [-0.3, -0.25) is 0 Å². The summed E-state index contributed by atoms with van der Waals surface area (Å²) >= 11 is 0. The van der Waals surface area contributed by atoms with Gasteiger partial charge in [-0.1, -0.05) is 115 Å². The van der Waals surface area contributed by atoms with E-state index in [9.17, 15) is 0 Å². The van der Waals surface area contributed by atoms with Crippen LogP contribution in [0.5, 0.6) is 0 Å². The van der Waals surface area contributed by atoms with Crippen molar-refractivity contribution in [3.8, 4) is 33.4 Å². The molecule has 41 heavy (non-hydrogen) atoms. The van der Waals surface area contributed by atoms with Crippen molar-refractivity contribution in [3.05, 3.63) is 145 Å². The Bertz CT molecular complexity index is 1830. The average Bonchev–Trinajstić information content (AvgIpc) is 2.98. The lowest BCUT2D eigenvalue weighted by Gasteiger charge is -2.38. The number of fused-ring (bicyclic) bond motifs is 1. The maximum Gasteiger partial charge on any atom is 0.155 e. The van der Waals surface area contributed by atoms with Gasteiger partial charge < -0.3 is 4.90 Å². The molecule has 0 amide bonds. The van der Waals surface area contributed by atoms with Gasteiger partial charge in [-0.05, 0) is 77.6 Å². The van der Waals surface area contributed by atoms with Crippen LogP contribution in [0.1, 0.15) is 20.8 Å². The number of hydrogen-bond donors (Lipinski definition) is 0. The molecule has 6 rings (SSSR count). The second-order valence-electron chi connectivity index (χ2n) is 11.2. The minimum absolute atomic E-state index is 0.329. The Hall–Kier alpha value is -4.76. The topological polar surface area (TPSA) is 3.24 Å². The van der Waals surface area contributed by atoms with E-state index in [2.05, 4.69) is 42.5 Å². The fraction of sp³-hybridized carbons (Fsp3) is 0.105. The summed E-state index contributed by atoms with van der Waals surface area (Å²) in [6.07, 6.45) is 0. The number of hydrogen-bond acceptors (Lipinski definition) is 1. The highest BCUT2D eigenvalue weighted by molar-refractivity contribution is 5.97. The molecule has 0 spiro atoms. The van der Waals surface area contributed by atoms with Gasteiger partial charge in [0.1, 0.15) is 5.82 Å². The van der Waals surface area contributed by atoms with Crippen LogP contribution in [-0.2, 0) is 0 Å². The first-order valence-electron chi connectivity index (χ1n) is 13.8. The standard InChI is InChI=1S/C38H31F2N/c1-38(2,3)41(34-19-10-9-18-33(34)39)35-25-24-32(27-12-5-4-6-13-27)36(37(35)40)29-22-20-28(21-23-29)31-17-11-15-26-14-7-8-16-30(26)31/h4-25H,1-3H3. The zero-order valence-electron chi connectivity index (χ0n) is 23.4. The lowest BCUT2D eigenvalue weighted by atomic mass is 9.90. The fourth-order valence-corrected chi connectivity index (χ4v) is 5.66. The molecule has 0 heterocycles. The smallest absolute Gasteiger partial charge is 0.155 e. The van der Waals surface area contributed by atoms with Gasteiger partial charge in [0.05, 0.1) is 11.4 Å². The molecule has 0 fully saturated rings. The second-order valence-corrected chi connectivity index (χ2v) is 11.2. The van der Waals surface area contributed by atoms with E-state index in [-0.39, 0.29) is 5.82 Å². The highest BCUT2D eigenvalue weighted by Crippen LogP contribution is 2.44. The maximum atomic E-state index is 17.0. The van der Waals surface area contributed by atoms with Gasteiger partial charge in [0.25, 0.3) is 0 Å². The fourth-order valence-electron chi connectivity index (χ4n) is 5.66. The average molecular weight is 540 g/mol. The molecular formula is C38H31F2N. The first-order valence-corrected chi connectivity index (χ1v) is 13.8. The summed E-state index contributed by atoms with van der Waals surface area (Å²) in [6, 6.07) is 42.8. The highest BCUT2D eigenvalue weighted by Gasteiger charge is 2.30. The van der Waals surface area contributed by atoms with Crippen molar-refractivity contribution in [2.45, 2.75) is 26.3 Å². The van der Waals surface area contributed by atoms with Gasteiger partial charge >= 0.3 is 0 Å². The molecule has 0 aliphatic carbocycles. The minimum Gasteiger partial charge on any atom is -0.331 e. The first kappa shape index (κ1) is 26.5. The molecule has 0 unspecified atom stereocenters. The van der Waals surface area contributed by atoms with Crippen LogP contribution >= 0.6 is 0 Å². The van der Waals surface area contributed by atoms with Crippen LogP contribution in [0.15, 0.2) is 133 Å². The van der Waals surface area contributed by atoms with Crippen LogP contribution in [0.4, 0.5) is 20.2 Å². The van der Waals surface area contributed by atoms with Crippen LogP contribution in [0.2, 0.25) is 0 Å². The Morgan fingerprint density at radius 3 is 1.83 bits per heavy atom. The molecule has 0 aliphatic rings. The van der Waals surface area contributed by atoms with Crippen molar-refractivity contribution >= 4 is 22.1 Å². The van der Waals surface area contributed by atoms with Crippen molar-refractivity contribution in [2.75, 3.05) is 4.90 Å². The summed E-state index contributed by atoms with van der Waals surface area (Å²) < 4.78 is 32.1. The summed E-state index contributed by atoms with van der Waals surface area (Å²) in [5, 5.41) is 2.35. The molecule has 1 nitrogen and oxygen atoms in total. The van der Waals surface area contributed by atoms with Gasteiger partial charge in [-0.25, -0.2) is 8.78 Å². The Balaban J connectivity index is 1.54. The van der Waals surface area contributed by atoms with E-state index >= 15 is 8.78 Å². The number of anilines is 2. The summed E-state index contributed by atoms with van der Waals surface area (Å²) in [7, 11) is 0. The number of halogens is 2. The van der Waals surface area contributed by atoms with Crippen LogP contribution in [-0.4, -0.2) is 5.54 Å². The molecule has 0 aliphatic heterocycles. The SMILES string of the molecule is CC(C)(C)N(c1ccccc1F)c1ccc(-c2ccccc2)c(-c2ccc(-c3cccc4ccccc34)cc2)c1F. The molecule has 0 saturated carbocycles. The van der Waals surface area contributed by atoms with Gasteiger partial charge in [0, 0.05) is 11.1 Å². The number of rotatable bonds is 5. The third-order valence-electron chi connectivity index (χ3n) is 7.49. The molecule has 0 radical (unpaired) electrons. The molecule has 0 saturated heterocycles. The Labute approximate surface area is 240 Å². The van der Waals surface area contributed by atoms with E-state index in [0.29, 0.717) is 16.9 Å². The molecule has 0 bridgehead atoms. The number of para-hydroxylation sites is 1. The summed E-state index contributed by atoms with van der Waals surface area (Å²) in [5.41, 5.74) is 5.22. The Morgan fingerprint density at radius 1 is 0.488 bits per heavy atom. The monoisotopic (exact) mass is 539 g/mol. The van der Waals surface area contributed by atoms with Crippen molar-refractivity contribution in [1.82, 2.24) is 0 Å². The Morgan fingerprint density at radius 2 is 1.10 bits per heavy atom. The molecular weight excluding hydrogens is 508 g/mol. The quantitative estimate of drug-likeness (QED) is 0.211. The van der Waals surface area contributed by atoms with Crippen LogP contribution in [0, 0.1) is 11.6 Å². The zero-order chi connectivity index (χ0) is 28.6. The van der Waals surface area contributed by atoms with E-state index in [1.165, 1.54) is 16.8 Å². The summed E-state index contributed by atoms with van der Waals surface area (Å²) in [4.78, 5) is 1.75. The summed E-state index contributed by atoms with van der Waals surface area (Å²) in [6.45, 7) is 5.88. The van der Waals surface area contributed by atoms with Gasteiger partial charge in [-0.2, -0.15) is 0 Å². The van der Waals surface area contributed by atoms with Crippen LogP contribution in [0.25, 0.3) is 44.2 Å². The van der Waals surface area contributed by atoms with E-state index in [1.54, 1.807) is 29.2 Å². The summed E-state index contributed by atoms with van der Waals surface area (Å²) in [5.74, 6) is -0.780. The first-order chi connectivity index (χ1) is 19.8. The highest BCUT2D eigenvalue weighted by atomic mass is 19.1. The molecule has 3 heteroatoms. The molecule has 0 atom stereocenters. The Kier molecular flexibility index (Phi) is 6.88. The molecule has 6 aromatic carbocycles. The normalized spacial score (nSPS) is 11.5. The zero-order valence-corrected chi connectivity index (χ0v) is 23.4. The van der Waals surface area contributed by atoms with E-state index < -0.39 is 11.4 Å². The maximum absolute atomic E-state index is 17.0. The predicted octanol–water partition coefficient (Wildman–Crippen LogP) is 11.1. The second kappa shape index (κ2) is 10.7. The van der Waals surface area contributed by atoms with E-state index in [4.69, 9.17) is 0 Å². The lowest BCUT2D eigenvalue weighted by Crippen LogP contribution is -2.38. The van der Waals surface area contributed by atoms with Crippen molar-refractivity contribution in [3.63, 3.8) is 0 Å². The number of benzene rings is 6. The van der Waals surface area contributed by atoms with Gasteiger partial charge in [0.15, 0.2) is 5.82 Å². The lowest BCUT2D eigenvalue weighted by molar-refractivity contribution is 0.527. The van der Waals surface area contributed by atoms with E-state index in [0.717, 1.165) is 27.8 Å². The molecule has 0 N–H and O–H groups in total. The van der Waals surface area contributed by atoms with Gasteiger partial charge in [0.2, 0.25) is 0 Å². The molecule has 0 aromatic heterocycles. The van der Waals surface area contributed by atoms with Crippen LogP contribution < -0.4 is 4.90 Å². The third kappa shape index (κ3) is 5.00.